The topological polar surface area (TPSA) is 98.3 Å². The van der Waals surface area contributed by atoms with E-state index in [0.717, 1.165) is 24.0 Å². The van der Waals surface area contributed by atoms with Crippen molar-refractivity contribution in [3.8, 4) is 0 Å². The minimum atomic E-state index is -0.641. The normalized spacial score (nSPS) is 11.9. The molecule has 0 amide bonds. The van der Waals surface area contributed by atoms with Gasteiger partial charge in [-0.1, -0.05) is 6.92 Å². The molecule has 0 aliphatic rings. The van der Waals surface area contributed by atoms with Crippen molar-refractivity contribution < 1.29 is 9.85 Å². The zero-order valence-corrected chi connectivity index (χ0v) is 12.2. The maximum atomic E-state index is 11.0. The molecule has 1 atom stereocenters. The number of anilines is 1. The highest BCUT2D eigenvalue weighted by atomic mass is 32.2. The zero-order valence-electron chi connectivity index (χ0n) is 11.4. The lowest BCUT2D eigenvalue weighted by Gasteiger charge is -2.14. The number of non-ortho nitro benzene ring substituents is 1. The average Bonchev–Trinajstić information content (AvgIpc) is 2.38. The van der Waals surface area contributed by atoms with Gasteiger partial charge in [0.2, 0.25) is 0 Å². The first-order valence-corrected chi connectivity index (χ1v) is 7.38. The highest BCUT2D eigenvalue weighted by Gasteiger charge is 2.20. The molecule has 1 rings (SSSR count). The highest BCUT2D eigenvalue weighted by Crippen LogP contribution is 2.29. The third-order valence-electron chi connectivity index (χ3n) is 2.69. The summed E-state index contributed by atoms with van der Waals surface area (Å²) < 4.78 is 0. The molecule has 8 heteroatoms. The van der Waals surface area contributed by atoms with Gasteiger partial charge in [0, 0.05) is 12.1 Å². The van der Waals surface area contributed by atoms with E-state index in [1.165, 1.54) is 12.1 Å². The SMILES string of the molecule is CCSCCC(C)Nc1ccc([N+](=O)[O-])cc1[N+](=O)[O-]. The summed E-state index contributed by atoms with van der Waals surface area (Å²) in [7, 11) is 0. The Kier molecular flexibility index (Phi) is 6.23. The number of hydrogen-bond acceptors (Lipinski definition) is 6. The highest BCUT2D eigenvalue weighted by molar-refractivity contribution is 7.99. The lowest BCUT2D eigenvalue weighted by Crippen LogP contribution is -2.17. The second kappa shape index (κ2) is 7.68. The second-order valence-corrected chi connectivity index (χ2v) is 5.64. The van der Waals surface area contributed by atoms with Gasteiger partial charge in [-0.3, -0.25) is 20.2 Å². The fourth-order valence-corrected chi connectivity index (χ4v) is 2.46. The third-order valence-corrected chi connectivity index (χ3v) is 3.62. The number of nitro benzene ring substituents is 2. The van der Waals surface area contributed by atoms with Gasteiger partial charge in [0.1, 0.15) is 5.69 Å². The van der Waals surface area contributed by atoms with Gasteiger partial charge in [0.25, 0.3) is 11.4 Å². The predicted octanol–water partition coefficient (Wildman–Crippen LogP) is 3.45. The van der Waals surface area contributed by atoms with Gasteiger partial charge in [-0.15, -0.1) is 0 Å². The van der Waals surface area contributed by atoms with E-state index in [2.05, 4.69) is 12.2 Å². The molecule has 0 fully saturated rings. The number of benzene rings is 1. The van der Waals surface area contributed by atoms with E-state index < -0.39 is 9.85 Å². The van der Waals surface area contributed by atoms with E-state index in [0.29, 0.717) is 5.69 Å². The van der Waals surface area contributed by atoms with Crippen molar-refractivity contribution in [1.82, 2.24) is 0 Å². The van der Waals surface area contributed by atoms with Crippen LogP contribution in [0, 0.1) is 20.2 Å². The Labute approximate surface area is 121 Å². The average molecular weight is 299 g/mol. The fourth-order valence-electron chi connectivity index (χ4n) is 1.65. The molecule has 7 nitrogen and oxygen atoms in total. The molecule has 1 unspecified atom stereocenters. The zero-order chi connectivity index (χ0) is 15.1. The Morgan fingerprint density at radius 2 is 2.00 bits per heavy atom. The second-order valence-electron chi connectivity index (χ2n) is 4.25. The molecule has 0 radical (unpaired) electrons. The van der Waals surface area contributed by atoms with Crippen LogP contribution in [0.1, 0.15) is 20.3 Å². The van der Waals surface area contributed by atoms with Crippen LogP contribution in [-0.2, 0) is 0 Å². The standard InChI is InChI=1S/C12H17N3O4S/c1-3-20-7-6-9(2)13-11-5-4-10(14(16)17)8-12(11)15(18)19/h4-5,8-9,13H,3,6-7H2,1-2H3. The van der Waals surface area contributed by atoms with Crippen molar-refractivity contribution in [3.05, 3.63) is 38.4 Å². The van der Waals surface area contributed by atoms with Gasteiger partial charge in [0.05, 0.1) is 15.9 Å². The van der Waals surface area contributed by atoms with Crippen LogP contribution in [0.15, 0.2) is 18.2 Å². The van der Waals surface area contributed by atoms with Crippen LogP contribution in [0.3, 0.4) is 0 Å². The first kappa shape index (κ1) is 16.2. The Bertz CT molecular complexity index is 496. The van der Waals surface area contributed by atoms with E-state index in [9.17, 15) is 20.2 Å². The molecule has 0 saturated heterocycles. The summed E-state index contributed by atoms with van der Waals surface area (Å²) in [6.07, 6.45) is 0.868. The molecule has 20 heavy (non-hydrogen) atoms. The summed E-state index contributed by atoms with van der Waals surface area (Å²) in [4.78, 5) is 20.4. The lowest BCUT2D eigenvalue weighted by atomic mass is 10.2. The molecule has 1 aromatic carbocycles. The predicted molar refractivity (Wildman–Crippen MR) is 80.5 cm³/mol. The Morgan fingerprint density at radius 3 is 2.55 bits per heavy atom. The van der Waals surface area contributed by atoms with E-state index in [1.54, 1.807) is 11.8 Å². The Morgan fingerprint density at radius 1 is 1.30 bits per heavy atom. The van der Waals surface area contributed by atoms with Crippen LogP contribution in [0.2, 0.25) is 0 Å². The molecule has 0 bridgehead atoms. The number of thioether (sulfide) groups is 1. The number of hydrogen-bond donors (Lipinski definition) is 1. The summed E-state index contributed by atoms with van der Waals surface area (Å²) in [5, 5.41) is 24.7. The van der Waals surface area contributed by atoms with Gasteiger partial charge in [0.15, 0.2) is 0 Å². The van der Waals surface area contributed by atoms with Crippen molar-refractivity contribution in [1.29, 1.82) is 0 Å². The van der Waals surface area contributed by atoms with Gasteiger partial charge in [-0.05, 0) is 30.9 Å². The van der Waals surface area contributed by atoms with Crippen molar-refractivity contribution >= 4 is 28.8 Å². The fraction of sp³-hybridized carbons (Fsp3) is 0.500. The summed E-state index contributed by atoms with van der Waals surface area (Å²) in [5.41, 5.74) is -0.236. The Balaban J connectivity index is 2.83. The molecule has 1 N–H and O–H groups in total. The van der Waals surface area contributed by atoms with Gasteiger partial charge < -0.3 is 5.32 Å². The maximum Gasteiger partial charge on any atom is 0.299 e. The minimum Gasteiger partial charge on any atom is -0.377 e. The van der Waals surface area contributed by atoms with E-state index >= 15 is 0 Å². The number of rotatable bonds is 8. The summed E-state index contributed by atoms with van der Waals surface area (Å²) in [6, 6.07) is 3.70. The van der Waals surface area contributed by atoms with Crippen LogP contribution >= 0.6 is 11.8 Å². The van der Waals surface area contributed by atoms with E-state index in [1.807, 2.05) is 6.92 Å². The van der Waals surface area contributed by atoms with Crippen molar-refractivity contribution in [2.45, 2.75) is 26.3 Å². The first-order chi connectivity index (χ1) is 9.45. The largest absolute Gasteiger partial charge is 0.377 e. The summed E-state index contributed by atoms with van der Waals surface area (Å²) in [6.45, 7) is 4.01. The molecule has 0 saturated carbocycles. The van der Waals surface area contributed by atoms with Crippen LogP contribution in [0.4, 0.5) is 17.1 Å². The summed E-state index contributed by atoms with van der Waals surface area (Å²) in [5.74, 6) is 2.00. The smallest absolute Gasteiger partial charge is 0.299 e. The monoisotopic (exact) mass is 299 g/mol. The van der Waals surface area contributed by atoms with Crippen molar-refractivity contribution in [3.63, 3.8) is 0 Å². The van der Waals surface area contributed by atoms with Crippen molar-refractivity contribution in [2.75, 3.05) is 16.8 Å². The van der Waals surface area contributed by atoms with Crippen LogP contribution in [0.5, 0.6) is 0 Å². The lowest BCUT2D eigenvalue weighted by molar-refractivity contribution is -0.393. The quantitative estimate of drug-likeness (QED) is 0.448. The number of nitro groups is 2. The van der Waals surface area contributed by atoms with E-state index in [4.69, 9.17) is 0 Å². The molecule has 0 aliphatic heterocycles. The first-order valence-electron chi connectivity index (χ1n) is 6.22. The third kappa shape index (κ3) is 4.69. The van der Waals surface area contributed by atoms with Crippen LogP contribution in [-0.4, -0.2) is 27.4 Å². The van der Waals surface area contributed by atoms with E-state index in [-0.39, 0.29) is 17.4 Å². The molecular weight excluding hydrogens is 282 g/mol. The van der Waals surface area contributed by atoms with Crippen LogP contribution < -0.4 is 5.32 Å². The molecule has 1 aromatic rings. The summed E-state index contributed by atoms with van der Waals surface area (Å²) >= 11 is 1.80. The number of nitrogens with zero attached hydrogens (tertiary/aromatic N) is 2. The minimum absolute atomic E-state index is 0.0641. The van der Waals surface area contributed by atoms with Gasteiger partial charge in [-0.2, -0.15) is 11.8 Å². The molecule has 0 spiro atoms. The molecular formula is C12H17N3O4S. The van der Waals surface area contributed by atoms with Gasteiger partial charge in [-0.25, -0.2) is 0 Å². The molecule has 110 valence electrons. The molecule has 0 aromatic heterocycles. The van der Waals surface area contributed by atoms with Crippen LogP contribution in [0.25, 0.3) is 0 Å². The molecule has 0 aliphatic carbocycles. The van der Waals surface area contributed by atoms with Crippen molar-refractivity contribution in [2.24, 2.45) is 0 Å². The Hall–Kier alpha value is -1.83. The maximum absolute atomic E-state index is 11.0. The molecule has 0 heterocycles. The number of nitrogens with one attached hydrogen (secondary N) is 1. The van der Waals surface area contributed by atoms with Gasteiger partial charge >= 0.3 is 0 Å².